The molecule has 21 heavy (non-hydrogen) atoms. The van der Waals surface area contributed by atoms with Crippen LogP contribution in [-0.4, -0.2) is 29.0 Å². The van der Waals surface area contributed by atoms with Crippen molar-refractivity contribution in [1.82, 2.24) is 0 Å². The van der Waals surface area contributed by atoms with E-state index < -0.39 is 17.3 Å². The van der Waals surface area contributed by atoms with E-state index in [2.05, 4.69) is 10.0 Å². The summed E-state index contributed by atoms with van der Waals surface area (Å²) in [4.78, 5) is 27.2. The summed E-state index contributed by atoms with van der Waals surface area (Å²) in [5.41, 5.74) is 7.17. The predicted molar refractivity (Wildman–Crippen MR) is 85.0 cm³/mol. The van der Waals surface area contributed by atoms with Gasteiger partial charge in [0, 0.05) is 15.4 Å². The number of azide groups is 1. The predicted octanol–water partition coefficient (Wildman–Crippen LogP) is 4.09. The second-order valence-electron chi connectivity index (χ2n) is 5.80. The summed E-state index contributed by atoms with van der Waals surface area (Å²) in [6.07, 6.45) is 1.87. The molecule has 0 aromatic rings. The lowest BCUT2D eigenvalue weighted by Gasteiger charge is -2.31. The van der Waals surface area contributed by atoms with E-state index in [-0.39, 0.29) is 17.1 Å². The van der Waals surface area contributed by atoms with Gasteiger partial charge < -0.3 is 4.74 Å². The number of unbranched alkanes of at least 4 members (excludes halogenated alkanes) is 1. The van der Waals surface area contributed by atoms with E-state index in [0.717, 1.165) is 6.42 Å². The van der Waals surface area contributed by atoms with Crippen LogP contribution in [0, 0.1) is 5.41 Å². The van der Waals surface area contributed by atoms with E-state index in [4.69, 9.17) is 10.3 Å². The van der Waals surface area contributed by atoms with Gasteiger partial charge in [-0.1, -0.05) is 40.5 Å². The second kappa shape index (κ2) is 8.95. The van der Waals surface area contributed by atoms with E-state index in [1.807, 2.05) is 27.7 Å². The fourth-order valence-corrected chi connectivity index (χ4v) is 2.78. The van der Waals surface area contributed by atoms with Gasteiger partial charge in [-0.25, -0.2) is 0 Å². The molecule has 0 aliphatic carbocycles. The van der Waals surface area contributed by atoms with Gasteiger partial charge >= 0.3 is 5.97 Å². The van der Waals surface area contributed by atoms with Gasteiger partial charge in [0.15, 0.2) is 0 Å². The van der Waals surface area contributed by atoms with Crippen LogP contribution in [0.2, 0.25) is 0 Å². The molecule has 0 saturated heterocycles. The summed E-state index contributed by atoms with van der Waals surface area (Å²) in [5, 5.41) is 3.18. The quantitative estimate of drug-likeness (QED) is 0.222. The van der Waals surface area contributed by atoms with Crippen LogP contribution in [0.15, 0.2) is 5.11 Å². The zero-order valence-electron chi connectivity index (χ0n) is 13.5. The minimum Gasteiger partial charge on any atom is -0.465 e. The number of thioether (sulfide) groups is 1. The number of carbonyl (C=O) groups excluding carboxylic acids is 2. The molecule has 1 amide bonds. The van der Waals surface area contributed by atoms with Crippen molar-refractivity contribution in [3.8, 4) is 0 Å². The molecule has 0 N–H and O–H groups in total. The molecule has 0 aromatic carbocycles. The Balaban J connectivity index is 5.53. The normalized spacial score (nSPS) is 14.0. The maximum Gasteiger partial charge on any atom is 0.320 e. The Bertz CT molecular complexity index is 414. The Labute approximate surface area is 130 Å². The number of amides is 1. The highest BCUT2D eigenvalue weighted by atomic mass is 32.2. The summed E-state index contributed by atoms with van der Waals surface area (Å²) >= 11 is 1.49. The average molecular weight is 315 g/mol. The van der Waals surface area contributed by atoms with Crippen molar-refractivity contribution in [3.63, 3.8) is 0 Å². The van der Waals surface area contributed by atoms with Crippen molar-refractivity contribution < 1.29 is 14.3 Å². The number of ether oxygens (including phenoxy) is 1. The van der Waals surface area contributed by atoms with Crippen LogP contribution in [0.25, 0.3) is 10.4 Å². The smallest absolute Gasteiger partial charge is 0.320 e. The molecule has 6 nitrogen and oxygen atoms in total. The van der Waals surface area contributed by atoms with Crippen LogP contribution >= 0.6 is 11.8 Å². The van der Waals surface area contributed by atoms with E-state index in [9.17, 15) is 9.59 Å². The molecule has 120 valence electrons. The van der Waals surface area contributed by atoms with Crippen molar-refractivity contribution in [2.75, 3.05) is 12.4 Å². The van der Waals surface area contributed by atoms with E-state index in [0.29, 0.717) is 12.8 Å². The van der Waals surface area contributed by atoms with Crippen LogP contribution in [0.5, 0.6) is 0 Å². The van der Waals surface area contributed by atoms with Crippen molar-refractivity contribution in [1.29, 1.82) is 0 Å². The number of rotatable bonds is 8. The SMILES string of the molecule is CCCCC(CSC(C)(C)C)(C(=O)N=[N+]=[N-])C(=O)OCC. The minimum absolute atomic E-state index is 0.111. The molecule has 1 atom stereocenters. The van der Waals surface area contributed by atoms with E-state index in [1.165, 1.54) is 11.8 Å². The topological polar surface area (TPSA) is 92.1 Å². The first-order valence-corrected chi connectivity index (χ1v) is 8.12. The first kappa shape index (κ1) is 19.8. The lowest BCUT2D eigenvalue weighted by atomic mass is 9.84. The van der Waals surface area contributed by atoms with Gasteiger partial charge in [0.05, 0.1) is 6.61 Å². The Morgan fingerprint density at radius 2 is 1.90 bits per heavy atom. The summed E-state index contributed by atoms with van der Waals surface area (Å²) in [7, 11) is 0. The lowest BCUT2D eigenvalue weighted by molar-refractivity contribution is -0.158. The first-order valence-electron chi connectivity index (χ1n) is 7.14. The zero-order valence-corrected chi connectivity index (χ0v) is 14.3. The Morgan fingerprint density at radius 3 is 2.33 bits per heavy atom. The Hall–Kier alpha value is -1.20. The number of hydrogen-bond donors (Lipinski definition) is 0. The van der Waals surface area contributed by atoms with Crippen molar-refractivity contribution >= 4 is 23.6 Å². The molecule has 0 aliphatic rings. The first-order chi connectivity index (χ1) is 9.73. The van der Waals surface area contributed by atoms with Gasteiger partial charge in [0.1, 0.15) is 5.41 Å². The summed E-state index contributed by atoms with van der Waals surface area (Å²) in [6.45, 7) is 9.88. The van der Waals surface area contributed by atoms with Crippen molar-refractivity contribution in [3.05, 3.63) is 10.4 Å². The molecule has 1 unspecified atom stereocenters. The van der Waals surface area contributed by atoms with Crippen molar-refractivity contribution in [2.24, 2.45) is 10.5 Å². The molecule has 0 aromatic heterocycles. The van der Waals surface area contributed by atoms with Gasteiger partial charge in [-0.2, -0.15) is 11.8 Å². The van der Waals surface area contributed by atoms with Gasteiger partial charge in [-0.05, 0) is 24.0 Å². The standard InChI is InChI=1S/C14H25N3O3S/c1-6-8-9-14(11(18)16-17-15,12(19)20-7-2)10-21-13(3,4)5/h6-10H2,1-5H3. The highest BCUT2D eigenvalue weighted by Crippen LogP contribution is 2.37. The monoisotopic (exact) mass is 315 g/mol. The number of esters is 1. The molecule has 7 heteroatoms. The fourth-order valence-electron chi connectivity index (χ4n) is 1.71. The maximum absolute atomic E-state index is 12.4. The molecule has 0 heterocycles. The van der Waals surface area contributed by atoms with Crippen LogP contribution in [0.4, 0.5) is 0 Å². The maximum atomic E-state index is 12.4. The van der Waals surface area contributed by atoms with Crippen LogP contribution < -0.4 is 0 Å². The van der Waals surface area contributed by atoms with Crippen molar-refractivity contribution in [2.45, 2.75) is 58.6 Å². The fraction of sp³-hybridized carbons (Fsp3) is 0.857. The molecule has 0 fully saturated rings. The highest BCUT2D eigenvalue weighted by molar-refractivity contribution is 8.00. The zero-order chi connectivity index (χ0) is 16.5. The molecular formula is C14H25N3O3S. The largest absolute Gasteiger partial charge is 0.465 e. The Kier molecular flexibility index (Phi) is 8.44. The highest BCUT2D eigenvalue weighted by Gasteiger charge is 2.46. The molecule has 0 saturated carbocycles. The van der Waals surface area contributed by atoms with Gasteiger partial charge in [-0.3, -0.25) is 9.59 Å². The van der Waals surface area contributed by atoms with E-state index in [1.54, 1.807) is 6.92 Å². The summed E-state index contributed by atoms with van der Waals surface area (Å²) < 4.78 is 4.97. The van der Waals surface area contributed by atoms with Crippen LogP contribution in [0.3, 0.4) is 0 Å². The number of carbonyl (C=O) groups is 2. The van der Waals surface area contributed by atoms with Crippen LogP contribution in [-0.2, 0) is 14.3 Å². The van der Waals surface area contributed by atoms with E-state index >= 15 is 0 Å². The second-order valence-corrected chi connectivity index (χ2v) is 7.60. The van der Waals surface area contributed by atoms with Crippen LogP contribution in [0.1, 0.15) is 53.9 Å². The van der Waals surface area contributed by atoms with Gasteiger partial charge in [-0.15, -0.1) is 0 Å². The van der Waals surface area contributed by atoms with Gasteiger partial charge in [0.25, 0.3) is 0 Å². The summed E-state index contributed by atoms with van der Waals surface area (Å²) in [6, 6.07) is 0. The van der Waals surface area contributed by atoms with Gasteiger partial charge in [0.2, 0.25) is 5.91 Å². The number of nitrogens with zero attached hydrogens (tertiary/aromatic N) is 3. The number of hydrogen-bond acceptors (Lipinski definition) is 4. The third kappa shape index (κ3) is 6.40. The molecule has 0 radical (unpaired) electrons. The average Bonchev–Trinajstić information content (AvgIpc) is 2.38. The molecule has 0 spiro atoms. The lowest BCUT2D eigenvalue weighted by Crippen LogP contribution is -2.43. The third-order valence-corrected chi connectivity index (χ3v) is 4.42. The Morgan fingerprint density at radius 1 is 1.29 bits per heavy atom. The molecule has 0 bridgehead atoms. The molecule has 0 rings (SSSR count). The molecule has 0 aliphatic heterocycles. The summed E-state index contributed by atoms with van der Waals surface area (Å²) in [5.74, 6) is -1.08. The third-order valence-electron chi connectivity index (χ3n) is 2.92. The minimum atomic E-state index is -1.38. The molecular weight excluding hydrogens is 290 g/mol.